The van der Waals surface area contributed by atoms with E-state index in [0.29, 0.717) is 0 Å². The molecule has 1 aliphatic rings. The number of aryl methyl sites for hydroxylation is 1. The van der Waals surface area contributed by atoms with E-state index < -0.39 is 0 Å². The van der Waals surface area contributed by atoms with Crippen LogP contribution in [0.1, 0.15) is 161 Å². The molecule has 0 bridgehead atoms. The zero-order valence-electron chi connectivity index (χ0n) is 41.2. The van der Waals surface area contributed by atoms with E-state index in [-0.39, 0.29) is 5.41 Å². The Morgan fingerprint density at radius 1 is 0.338 bits per heavy atom. The zero-order chi connectivity index (χ0) is 46.8. The molecule has 8 rings (SSSR count). The van der Waals surface area contributed by atoms with Crippen LogP contribution in [0.25, 0.3) is 47.6 Å². The highest BCUT2D eigenvalue weighted by atomic mass is 15.1. The van der Waals surface area contributed by atoms with Crippen molar-refractivity contribution in [2.24, 2.45) is 0 Å². The number of anilines is 3. The van der Waals surface area contributed by atoms with Gasteiger partial charge in [-0.25, -0.2) is 0 Å². The van der Waals surface area contributed by atoms with Crippen LogP contribution in [0.2, 0.25) is 0 Å². The molecule has 0 fully saturated rings. The van der Waals surface area contributed by atoms with Crippen molar-refractivity contribution in [2.75, 3.05) is 4.90 Å². The summed E-state index contributed by atoms with van der Waals surface area (Å²) in [5, 5.41) is 0. The highest BCUT2D eigenvalue weighted by Crippen LogP contribution is 2.55. The molecule has 7 aromatic carbocycles. The lowest BCUT2D eigenvalue weighted by Gasteiger charge is -2.33. The van der Waals surface area contributed by atoms with E-state index in [2.05, 4.69) is 232 Å². The smallest absolute Gasteiger partial charge is 0.0462 e. The summed E-state index contributed by atoms with van der Waals surface area (Å²) in [6.45, 7) is 6.93. The van der Waals surface area contributed by atoms with Crippen molar-refractivity contribution < 1.29 is 0 Å². The molecular formula is C67H73N. The lowest BCUT2D eigenvalue weighted by Crippen LogP contribution is -2.25. The minimum Gasteiger partial charge on any atom is -0.311 e. The van der Waals surface area contributed by atoms with Gasteiger partial charge >= 0.3 is 0 Å². The van der Waals surface area contributed by atoms with Crippen LogP contribution in [0, 0.1) is 0 Å². The van der Waals surface area contributed by atoms with Gasteiger partial charge < -0.3 is 4.90 Å². The number of fused-ring (bicyclic) bond motifs is 3. The summed E-state index contributed by atoms with van der Waals surface area (Å²) in [6, 6.07) is 63.1. The van der Waals surface area contributed by atoms with E-state index >= 15 is 0 Å². The van der Waals surface area contributed by atoms with Crippen LogP contribution in [0.5, 0.6) is 0 Å². The van der Waals surface area contributed by atoms with Gasteiger partial charge in [-0.3, -0.25) is 0 Å². The predicted molar refractivity (Wildman–Crippen MR) is 299 cm³/mol. The second-order valence-corrected chi connectivity index (χ2v) is 19.1. The number of hydrogen-bond donors (Lipinski definition) is 0. The molecule has 0 saturated heterocycles. The number of nitrogens with zero attached hydrogens (tertiary/aromatic N) is 1. The molecule has 346 valence electrons. The lowest BCUT2D eigenvalue weighted by molar-refractivity contribution is 0.401. The predicted octanol–water partition coefficient (Wildman–Crippen LogP) is 20.0. The Morgan fingerprint density at radius 3 is 1.10 bits per heavy atom. The van der Waals surface area contributed by atoms with Gasteiger partial charge in [0.1, 0.15) is 0 Å². The largest absolute Gasteiger partial charge is 0.311 e. The summed E-state index contributed by atoms with van der Waals surface area (Å²) in [4.78, 5) is 2.39. The molecule has 0 saturated carbocycles. The molecule has 0 aromatic heterocycles. The van der Waals surface area contributed by atoms with E-state index in [9.17, 15) is 0 Å². The lowest BCUT2D eigenvalue weighted by atomic mass is 9.70. The maximum absolute atomic E-state index is 2.55. The number of hydrogen-bond acceptors (Lipinski definition) is 1. The van der Waals surface area contributed by atoms with Crippen molar-refractivity contribution in [1.82, 2.24) is 0 Å². The molecule has 7 aromatic rings. The van der Waals surface area contributed by atoms with Crippen LogP contribution >= 0.6 is 0 Å². The van der Waals surface area contributed by atoms with Crippen molar-refractivity contribution in [3.8, 4) is 11.1 Å². The van der Waals surface area contributed by atoms with Crippen LogP contribution in [0.4, 0.5) is 17.1 Å². The molecular weight excluding hydrogens is 819 g/mol. The van der Waals surface area contributed by atoms with E-state index in [4.69, 9.17) is 0 Å². The van der Waals surface area contributed by atoms with Gasteiger partial charge in [-0.1, -0.05) is 261 Å². The van der Waals surface area contributed by atoms with Crippen molar-refractivity contribution in [2.45, 2.75) is 122 Å². The van der Waals surface area contributed by atoms with Crippen molar-refractivity contribution >= 4 is 53.5 Å². The van der Waals surface area contributed by atoms with E-state index in [1.807, 2.05) is 0 Å². The summed E-state index contributed by atoms with van der Waals surface area (Å²) in [5.41, 5.74) is 18.2. The van der Waals surface area contributed by atoms with Gasteiger partial charge in [-0.2, -0.15) is 0 Å². The van der Waals surface area contributed by atoms with Crippen molar-refractivity contribution in [3.63, 3.8) is 0 Å². The molecule has 0 N–H and O–H groups in total. The van der Waals surface area contributed by atoms with Gasteiger partial charge in [0, 0.05) is 22.5 Å². The molecule has 1 heteroatoms. The Labute approximate surface area is 410 Å². The third-order valence-corrected chi connectivity index (χ3v) is 14.1. The molecule has 0 aliphatic heterocycles. The van der Waals surface area contributed by atoms with Gasteiger partial charge in [0.2, 0.25) is 0 Å². The zero-order valence-corrected chi connectivity index (χ0v) is 41.2. The minimum absolute atomic E-state index is 0.0152. The molecule has 0 spiro atoms. The second kappa shape index (κ2) is 24.5. The molecule has 0 amide bonds. The molecule has 1 aliphatic carbocycles. The Morgan fingerprint density at radius 2 is 0.691 bits per heavy atom. The quantitative estimate of drug-likeness (QED) is 0.0432. The number of unbranched alkanes of at least 4 members (excludes halogenated alkanes) is 9. The average molecular weight is 892 g/mol. The van der Waals surface area contributed by atoms with Gasteiger partial charge in [-0.05, 0) is 123 Å². The maximum atomic E-state index is 2.55. The van der Waals surface area contributed by atoms with Gasteiger partial charge in [0.25, 0.3) is 0 Å². The van der Waals surface area contributed by atoms with Gasteiger partial charge in [0.15, 0.2) is 0 Å². The van der Waals surface area contributed by atoms with Gasteiger partial charge in [0.05, 0.1) is 0 Å². The summed E-state index contributed by atoms with van der Waals surface area (Å²) in [7, 11) is 0. The standard InChI is InChI=1S/C67H73N/c1-4-7-10-15-26-55-33-41-60(42-34-55)68(61-43-35-56(36-44-61)28-27-53-22-16-13-17-23-53)62-45-37-57(38-46-62)30-32-59-40-48-64-63-47-39-58(31-29-54-24-18-14-19-25-54)51-65(63)67(66(64)52-59,49-20-11-8-5-2)50-21-12-9-6-3/h13-14,16-19,22-25,27-48,51-52H,4-12,15,20-21,26,49-50H2,1-3H3/b28-27+,31-29+,32-30+. The van der Waals surface area contributed by atoms with Crippen LogP contribution in [-0.2, 0) is 11.8 Å². The summed E-state index contributed by atoms with van der Waals surface area (Å²) in [6.07, 6.45) is 32.4. The third kappa shape index (κ3) is 12.4. The molecule has 0 heterocycles. The van der Waals surface area contributed by atoms with Crippen LogP contribution < -0.4 is 4.90 Å². The fourth-order valence-electron chi connectivity index (χ4n) is 10.3. The second-order valence-electron chi connectivity index (χ2n) is 19.1. The average Bonchev–Trinajstić information content (AvgIpc) is 3.65. The first-order valence-electron chi connectivity index (χ1n) is 26.1. The Hall–Kier alpha value is -6.44. The Balaban J connectivity index is 1.08. The first kappa shape index (κ1) is 48.0. The van der Waals surface area contributed by atoms with Crippen LogP contribution in [0.3, 0.4) is 0 Å². The van der Waals surface area contributed by atoms with E-state index in [1.165, 1.54) is 157 Å². The first-order valence-corrected chi connectivity index (χ1v) is 26.1. The highest BCUT2D eigenvalue weighted by Gasteiger charge is 2.42. The molecule has 68 heavy (non-hydrogen) atoms. The minimum atomic E-state index is 0.0152. The van der Waals surface area contributed by atoms with Crippen LogP contribution in [-0.4, -0.2) is 0 Å². The number of rotatable bonds is 24. The normalized spacial score (nSPS) is 12.9. The monoisotopic (exact) mass is 892 g/mol. The number of benzene rings is 7. The van der Waals surface area contributed by atoms with Crippen LogP contribution in [0.15, 0.2) is 170 Å². The summed E-state index contributed by atoms with van der Waals surface area (Å²) in [5.74, 6) is 0. The maximum Gasteiger partial charge on any atom is 0.0462 e. The summed E-state index contributed by atoms with van der Waals surface area (Å²) < 4.78 is 0. The SMILES string of the molecule is CCCCCCc1ccc(N(c2ccc(/C=C/c3ccccc3)cc2)c2ccc(/C=C/c3ccc4c(c3)C(CCCCCC)(CCCCCC)c3cc(/C=C/c5ccccc5)ccc3-4)cc2)cc1. The van der Waals surface area contributed by atoms with E-state index in [1.54, 1.807) is 0 Å². The van der Waals surface area contributed by atoms with E-state index in [0.717, 1.165) is 17.8 Å². The first-order chi connectivity index (χ1) is 33.6. The molecule has 0 radical (unpaired) electrons. The fourth-order valence-corrected chi connectivity index (χ4v) is 10.3. The van der Waals surface area contributed by atoms with Crippen molar-refractivity contribution in [1.29, 1.82) is 0 Å². The highest BCUT2D eigenvalue weighted by molar-refractivity contribution is 5.86. The summed E-state index contributed by atoms with van der Waals surface area (Å²) >= 11 is 0. The van der Waals surface area contributed by atoms with Crippen molar-refractivity contribution in [3.05, 3.63) is 220 Å². The Bertz CT molecular complexity index is 2690. The fraction of sp³-hybridized carbons (Fsp3) is 0.284. The molecule has 1 nitrogen and oxygen atoms in total. The topological polar surface area (TPSA) is 3.24 Å². The molecule has 0 unspecified atom stereocenters. The Kier molecular flexibility index (Phi) is 17.3. The van der Waals surface area contributed by atoms with Gasteiger partial charge in [-0.15, -0.1) is 0 Å². The third-order valence-electron chi connectivity index (χ3n) is 14.1. The molecule has 0 atom stereocenters.